The van der Waals surface area contributed by atoms with E-state index in [2.05, 4.69) is 10.6 Å². The van der Waals surface area contributed by atoms with Gasteiger partial charge >= 0.3 is 12.0 Å². The van der Waals surface area contributed by atoms with Gasteiger partial charge in [-0.3, -0.25) is 14.9 Å². The Morgan fingerprint density at radius 1 is 1.29 bits per heavy atom. The molecule has 0 aliphatic carbocycles. The minimum absolute atomic E-state index is 0.0402. The third kappa shape index (κ3) is 8.21. The van der Waals surface area contributed by atoms with Crippen molar-refractivity contribution in [2.75, 3.05) is 12.4 Å². The lowest BCUT2D eigenvalue weighted by atomic mass is 10.2. The molecule has 1 atom stereocenters. The maximum absolute atomic E-state index is 11.6. The first-order chi connectivity index (χ1) is 11.4. The third-order valence-corrected chi connectivity index (χ3v) is 4.37. The van der Waals surface area contributed by atoms with E-state index in [1.54, 1.807) is 6.07 Å². The van der Waals surface area contributed by atoms with Gasteiger partial charge < -0.3 is 10.1 Å². The summed E-state index contributed by atoms with van der Waals surface area (Å²) in [6, 6.07) is 6.73. The summed E-state index contributed by atoms with van der Waals surface area (Å²) in [5.74, 6) is -0.527. The molecule has 1 aromatic carbocycles. The minimum Gasteiger partial charge on any atom is -0.455 e. The molecule has 0 fully saturated rings. The zero-order chi connectivity index (χ0) is 17.9. The summed E-state index contributed by atoms with van der Waals surface area (Å²) in [6.45, 7) is 3.24. The van der Waals surface area contributed by atoms with Crippen LogP contribution in [-0.2, 0) is 20.1 Å². The van der Waals surface area contributed by atoms with Gasteiger partial charge in [0.1, 0.15) is 0 Å². The van der Waals surface area contributed by atoms with Crippen LogP contribution >= 0.6 is 23.4 Å². The lowest BCUT2D eigenvalue weighted by Gasteiger charge is -2.11. The van der Waals surface area contributed by atoms with Crippen molar-refractivity contribution >= 4 is 41.3 Å². The number of carbonyl (C=O) groups is 3. The van der Waals surface area contributed by atoms with Crippen LogP contribution in [0.15, 0.2) is 24.3 Å². The molecule has 3 amide bonds. The van der Waals surface area contributed by atoms with Crippen molar-refractivity contribution in [2.24, 2.45) is 0 Å². The summed E-state index contributed by atoms with van der Waals surface area (Å²) < 4.78 is 4.82. The second-order valence-electron chi connectivity index (χ2n) is 5.08. The number of rotatable bonds is 8. The number of hydrogen-bond donors (Lipinski definition) is 2. The van der Waals surface area contributed by atoms with Crippen molar-refractivity contribution in [3.05, 3.63) is 34.9 Å². The average Bonchev–Trinajstić information content (AvgIpc) is 2.54. The second-order valence-corrected chi connectivity index (χ2v) is 6.47. The van der Waals surface area contributed by atoms with Crippen molar-refractivity contribution in [1.82, 2.24) is 10.6 Å². The number of halogens is 1. The molecule has 2 N–H and O–H groups in total. The van der Waals surface area contributed by atoms with E-state index in [0.29, 0.717) is 10.8 Å². The standard InChI is InChI=1S/C16H21ClN2O4S/c1-3-11(2)18-16(22)19-14(20)8-23-15(21)10-24-9-12-6-4-5-7-13(12)17/h4-7,11H,3,8-10H2,1-2H3,(H2,18,19,20,22)/t11-/m1/s1. The highest BCUT2D eigenvalue weighted by Gasteiger charge is 2.12. The number of ether oxygens (including phenoxy) is 1. The molecule has 0 bridgehead atoms. The largest absolute Gasteiger partial charge is 0.455 e. The van der Waals surface area contributed by atoms with Crippen LogP contribution in [0.2, 0.25) is 5.02 Å². The van der Waals surface area contributed by atoms with Crippen LogP contribution < -0.4 is 10.6 Å². The molecule has 1 rings (SSSR count). The average molecular weight is 373 g/mol. The minimum atomic E-state index is -0.666. The van der Waals surface area contributed by atoms with E-state index in [4.69, 9.17) is 16.3 Å². The number of amides is 3. The highest BCUT2D eigenvalue weighted by molar-refractivity contribution is 7.99. The number of carbonyl (C=O) groups excluding carboxylic acids is 3. The molecule has 0 radical (unpaired) electrons. The van der Waals surface area contributed by atoms with Gasteiger partial charge in [0.25, 0.3) is 5.91 Å². The first-order valence-corrected chi connectivity index (χ1v) is 9.02. The zero-order valence-corrected chi connectivity index (χ0v) is 15.2. The van der Waals surface area contributed by atoms with Gasteiger partial charge in [-0.05, 0) is 25.0 Å². The molecule has 0 aliphatic heterocycles. The summed E-state index contributed by atoms with van der Waals surface area (Å²) in [6.07, 6.45) is 0.749. The van der Waals surface area contributed by atoms with Crippen LogP contribution in [0.25, 0.3) is 0 Å². The third-order valence-electron chi connectivity index (χ3n) is 3.04. The van der Waals surface area contributed by atoms with Crippen LogP contribution in [0.1, 0.15) is 25.8 Å². The molecule has 0 heterocycles. The fourth-order valence-corrected chi connectivity index (χ4v) is 2.68. The first-order valence-electron chi connectivity index (χ1n) is 7.49. The Balaban J connectivity index is 2.20. The first kappa shape index (κ1) is 20.3. The number of nitrogens with one attached hydrogen (secondary N) is 2. The van der Waals surface area contributed by atoms with E-state index in [1.165, 1.54) is 11.8 Å². The summed E-state index contributed by atoms with van der Waals surface area (Å²) in [5.41, 5.74) is 0.927. The molecule has 6 nitrogen and oxygen atoms in total. The van der Waals surface area contributed by atoms with Crippen LogP contribution in [0, 0.1) is 0 Å². The second kappa shape index (κ2) is 10.9. The van der Waals surface area contributed by atoms with E-state index in [0.717, 1.165) is 12.0 Å². The maximum Gasteiger partial charge on any atom is 0.321 e. The molecular weight excluding hydrogens is 352 g/mol. The smallest absolute Gasteiger partial charge is 0.321 e. The molecule has 0 saturated carbocycles. The van der Waals surface area contributed by atoms with Crippen LogP contribution in [0.5, 0.6) is 0 Å². The molecule has 0 aliphatic rings. The fraction of sp³-hybridized carbons (Fsp3) is 0.438. The topological polar surface area (TPSA) is 84.5 Å². The highest BCUT2D eigenvalue weighted by Crippen LogP contribution is 2.20. The highest BCUT2D eigenvalue weighted by atomic mass is 35.5. The summed E-state index contributed by atoms with van der Waals surface area (Å²) in [7, 11) is 0. The number of esters is 1. The van der Waals surface area contributed by atoms with Gasteiger partial charge in [-0.15, -0.1) is 11.8 Å². The number of thioether (sulfide) groups is 1. The van der Waals surface area contributed by atoms with Gasteiger partial charge in [0.05, 0.1) is 5.75 Å². The molecule has 0 unspecified atom stereocenters. The Kier molecular flexibility index (Phi) is 9.26. The SMILES string of the molecule is CC[C@@H](C)NC(=O)NC(=O)COC(=O)CSCc1ccccc1Cl. The van der Waals surface area contributed by atoms with Gasteiger partial charge in [-0.1, -0.05) is 36.7 Å². The molecular formula is C16H21ClN2O4S. The summed E-state index contributed by atoms with van der Waals surface area (Å²) in [5, 5.41) is 5.32. The molecule has 0 spiro atoms. The Morgan fingerprint density at radius 2 is 2.00 bits per heavy atom. The molecule has 0 saturated heterocycles. The molecule has 8 heteroatoms. The lowest BCUT2D eigenvalue weighted by Crippen LogP contribution is -2.44. The van der Waals surface area contributed by atoms with Crippen LogP contribution in [0.4, 0.5) is 4.79 Å². The molecule has 0 aromatic heterocycles. The van der Waals surface area contributed by atoms with Crippen molar-refractivity contribution in [3.8, 4) is 0 Å². The van der Waals surface area contributed by atoms with Gasteiger partial charge in [0.15, 0.2) is 6.61 Å². The van der Waals surface area contributed by atoms with Gasteiger partial charge in [-0.25, -0.2) is 4.79 Å². The van der Waals surface area contributed by atoms with Gasteiger partial charge in [0.2, 0.25) is 0 Å². The zero-order valence-electron chi connectivity index (χ0n) is 13.6. The predicted molar refractivity (Wildman–Crippen MR) is 95.0 cm³/mol. The Bertz CT molecular complexity index is 583. The van der Waals surface area contributed by atoms with Crippen molar-refractivity contribution in [1.29, 1.82) is 0 Å². The molecule has 1 aromatic rings. The van der Waals surface area contributed by atoms with E-state index in [1.807, 2.05) is 32.0 Å². The van der Waals surface area contributed by atoms with E-state index >= 15 is 0 Å². The Labute approximate surface area is 150 Å². The summed E-state index contributed by atoms with van der Waals surface area (Å²) in [4.78, 5) is 34.5. The van der Waals surface area contributed by atoms with Gasteiger partial charge in [0, 0.05) is 16.8 Å². The fourth-order valence-electron chi connectivity index (χ4n) is 1.57. The Hall–Kier alpha value is -1.73. The number of benzene rings is 1. The number of urea groups is 1. The van der Waals surface area contributed by atoms with Crippen LogP contribution in [0.3, 0.4) is 0 Å². The van der Waals surface area contributed by atoms with Gasteiger partial charge in [-0.2, -0.15) is 0 Å². The quantitative estimate of drug-likeness (QED) is 0.685. The Morgan fingerprint density at radius 3 is 2.67 bits per heavy atom. The predicted octanol–water partition coefficient (Wildman–Crippen LogP) is 2.74. The summed E-state index contributed by atoms with van der Waals surface area (Å²) >= 11 is 7.35. The van der Waals surface area contributed by atoms with Crippen molar-refractivity contribution in [3.63, 3.8) is 0 Å². The molecule has 24 heavy (non-hydrogen) atoms. The van der Waals surface area contributed by atoms with Crippen molar-refractivity contribution < 1.29 is 19.1 Å². The van der Waals surface area contributed by atoms with Crippen LogP contribution in [-0.4, -0.2) is 36.3 Å². The van der Waals surface area contributed by atoms with E-state index in [9.17, 15) is 14.4 Å². The molecule has 132 valence electrons. The van der Waals surface area contributed by atoms with E-state index in [-0.39, 0.29) is 11.8 Å². The normalized spacial score (nSPS) is 11.5. The number of imide groups is 1. The maximum atomic E-state index is 11.6. The number of hydrogen-bond acceptors (Lipinski definition) is 5. The van der Waals surface area contributed by atoms with E-state index < -0.39 is 24.5 Å². The van der Waals surface area contributed by atoms with Crippen molar-refractivity contribution in [2.45, 2.75) is 32.1 Å². The lowest BCUT2D eigenvalue weighted by molar-refractivity contribution is -0.145. The monoisotopic (exact) mass is 372 g/mol.